The Morgan fingerprint density at radius 2 is 1.00 bits per heavy atom. The summed E-state index contributed by atoms with van der Waals surface area (Å²) in [5.41, 5.74) is 5.52. The SMILES string of the molecule is COc1cc(/C=C2\CC/C(=C\c3ccc(OCc4ccccc4)c(OC)c3)C2=O)ccc1OCc1ccccc1. The van der Waals surface area contributed by atoms with Gasteiger partial charge in [0, 0.05) is 11.1 Å². The number of benzene rings is 4. The molecule has 4 aromatic carbocycles. The zero-order chi connectivity index (χ0) is 27.7. The van der Waals surface area contributed by atoms with E-state index >= 15 is 0 Å². The van der Waals surface area contributed by atoms with Crippen molar-refractivity contribution in [1.82, 2.24) is 0 Å². The van der Waals surface area contributed by atoms with E-state index in [2.05, 4.69) is 0 Å². The molecular weight excluding hydrogens is 500 g/mol. The van der Waals surface area contributed by atoms with Crippen molar-refractivity contribution < 1.29 is 23.7 Å². The first-order chi connectivity index (χ1) is 19.6. The van der Waals surface area contributed by atoms with E-state index < -0.39 is 0 Å². The van der Waals surface area contributed by atoms with Crippen molar-refractivity contribution in [3.05, 3.63) is 130 Å². The lowest BCUT2D eigenvalue weighted by molar-refractivity contribution is -0.111. The third kappa shape index (κ3) is 6.62. The Kier molecular flexibility index (Phi) is 8.62. The van der Waals surface area contributed by atoms with Crippen molar-refractivity contribution in [3.8, 4) is 23.0 Å². The second-order valence-corrected chi connectivity index (χ2v) is 9.54. The van der Waals surface area contributed by atoms with Crippen LogP contribution in [0.1, 0.15) is 35.1 Å². The van der Waals surface area contributed by atoms with E-state index in [0.29, 0.717) is 49.1 Å². The fourth-order valence-corrected chi connectivity index (χ4v) is 4.64. The van der Waals surface area contributed by atoms with E-state index in [1.807, 2.05) is 109 Å². The molecule has 4 aromatic rings. The minimum atomic E-state index is 0.0618. The fourth-order valence-electron chi connectivity index (χ4n) is 4.64. The van der Waals surface area contributed by atoms with Crippen molar-refractivity contribution in [2.24, 2.45) is 0 Å². The Bertz CT molecular complexity index is 1410. The maximum absolute atomic E-state index is 13.2. The van der Waals surface area contributed by atoms with Crippen LogP contribution in [0.15, 0.2) is 108 Å². The molecule has 0 amide bonds. The molecule has 0 radical (unpaired) electrons. The number of allylic oxidation sites excluding steroid dienone is 2. The lowest BCUT2D eigenvalue weighted by atomic mass is 10.1. The first kappa shape index (κ1) is 26.8. The van der Waals surface area contributed by atoms with Crippen LogP contribution in [0.25, 0.3) is 12.2 Å². The van der Waals surface area contributed by atoms with E-state index in [1.165, 1.54) is 0 Å². The largest absolute Gasteiger partial charge is 0.493 e. The number of carbonyl (C=O) groups excluding carboxylic acids is 1. The molecule has 0 aliphatic heterocycles. The molecule has 0 bridgehead atoms. The molecule has 0 unspecified atom stereocenters. The Balaban J connectivity index is 1.27. The number of rotatable bonds is 10. The third-order valence-corrected chi connectivity index (χ3v) is 6.78. The number of hydrogen-bond acceptors (Lipinski definition) is 5. The van der Waals surface area contributed by atoms with Crippen LogP contribution in [0.4, 0.5) is 0 Å². The summed E-state index contributed by atoms with van der Waals surface area (Å²) < 4.78 is 23.1. The van der Waals surface area contributed by atoms with Crippen LogP contribution in [-0.4, -0.2) is 20.0 Å². The van der Waals surface area contributed by atoms with Gasteiger partial charge >= 0.3 is 0 Å². The zero-order valence-corrected chi connectivity index (χ0v) is 22.8. The minimum absolute atomic E-state index is 0.0618. The van der Waals surface area contributed by atoms with Gasteiger partial charge in [-0.05, 0) is 71.5 Å². The monoisotopic (exact) mass is 532 g/mol. The summed E-state index contributed by atoms with van der Waals surface area (Å²) in [5, 5.41) is 0. The molecule has 1 aliphatic carbocycles. The normalized spacial score (nSPS) is 14.9. The molecule has 0 atom stereocenters. The molecule has 1 saturated carbocycles. The van der Waals surface area contributed by atoms with Gasteiger partial charge in [0.05, 0.1) is 14.2 Å². The molecule has 0 aromatic heterocycles. The van der Waals surface area contributed by atoms with Gasteiger partial charge in [0.25, 0.3) is 0 Å². The van der Waals surface area contributed by atoms with Gasteiger partial charge in [-0.1, -0.05) is 72.8 Å². The van der Waals surface area contributed by atoms with Gasteiger partial charge in [0.15, 0.2) is 28.8 Å². The van der Waals surface area contributed by atoms with Crippen molar-refractivity contribution >= 4 is 17.9 Å². The summed E-state index contributed by atoms with van der Waals surface area (Å²) in [6, 6.07) is 31.5. The van der Waals surface area contributed by atoms with Crippen LogP contribution in [-0.2, 0) is 18.0 Å². The van der Waals surface area contributed by atoms with Gasteiger partial charge in [-0.2, -0.15) is 0 Å². The molecular formula is C35H32O5. The summed E-state index contributed by atoms with van der Waals surface area (Å²) in [7, 11) is 3.24. The molecule has 1 fully saturated rings. The highest BCUT2D eigenvalue weighted by molar-refractivity contribution is 6.15. The Morgan fingerprint density at radius 3 is 1.40 bits per heavy atom. The summed E-state index contributed by atoms with van der Waals surface area (Å²) in [6.45, 7) is 0.907. The summed E-state index contributed by atoms with van der Waals surface area (Å²) in [4.78, 5) is 13.2. The predicted molar refractivity (Wildman–Crippen MR) is 158 cm³/mol. The van der Waals surface area contributed by atoms with Crippen molar-refractivity contribution in [1.29, 1.82) is 0 Å². The smallest absolute Gasteiger partial charge is 0.185 e. The van der Waals surface area contributed by atoms with E-state index in [4.69, 9.17) is 18.9 Å². The average Bonchev–Trinajstić information content (AvgIpc) is 3.34. The highest BCUT2D eigenvalue weighted by Crippen LogP contribution is 2.35. The standard InChI is InChI=1S/C35H32O5/c1-37-33-21-27(13-17-31(33)39-23-25-9-5-3-6-10-25)19-29-15-16-30(35(29)36)20-28-14-18-32(34(22-28)38-2)40-24-26-11-7-4-8-12-26/h3-14,17-22H,15-16,23-24H2,1-2H3/b29-19+,30-20+. The lowest BCUT2D eigenvalue weighted by Crippen LogP contribution is -1.99. The number of hydrogen-bond donors (Lipinski definition) is 0. The molecule has 40 heavy (non-hydrogen) atoms. The summed E-state index contributed by atoms with van der Waals surface area (Å²) in [6.07, 6.45) is 5.25. The number of Topliss-reactive ketones (excluding diaryl/α,β-unsaturated/α-hetero) is 1. The lowest BCUT2D eigenvalue weighted by Gasteiger charge is -2.12. The Labute approximate surface area is 235 Å². The van der Waals surface area contributed by atoms with Crippen LogP contribution in [0.5, 0.6) is 23.0 Å². The maximum atomic E-state index is 13.2. The Hall–Kier alpha value is -4.77. The molecule has 5 rings (SSSR count). The van der Waals surface area contributed by atoms with Crippen LogP contribution in [0, 0.1) is 0 Å². The number of ketones is 1. The molecule has 0 spiro atoms. The fraction of sp³-hybridized carbons (Fsp3) is 0.171. The second-order valence-electron chi connectivity index (χ2n) is 9.54. The highest BCUT2D eigenvalue weighted by Gasteiger charge is 2.23. The number of methoxy groups -OCH3 is 2. The maximum Gasteiger partial charge on any atom is 0.185 e. The van der Waals surface area contributed by atoms with Crippen LogP contribution in [0.3, 0.4) is 0 Å². The van der Waals surface area contributed by atoms with Crippen LogP contribution >= 0.6 is 0 Å². The molecule has 0 N–H and O–H groups in total. The van der Waals surface area contributed by atoms with E-state index in [-0.39, 0.29) is 5.78 Å². The molecule has 5 heteroatoms. The zero-order valence-electron chi connectivity index (χ0n) is 22.8. The number of carbonyl (C=O) groups is 1. The van der Waals surface area contributed by atoms with Gasteiger partial charge in [-0.3, -0.25) is 4.79 Å². The third-order valence-electron chi connectivity index (χ3n) is 6.78. The van der Waals surface area contributed by atoms with Gasteiger partial charge < -0.3 is 18.9 Å². The first-order valence-corrected chi connectivity index (χ1v) is 13.3. The summed E-state index contributed by atoms with van der Waals surface area (Å²) >= 11 is 0. The summed E-state index contributed by atoms with van der Waals surface area (Å²) in [5.74, 6) is 2.65. The highest BCUT2D eigenvalue weighted by atomic mass is 16.5. The molecule has 202 valence electrons. The quantitative estimate of drug-likeness (QED) is 0.196. The van der Waals surface area contributed by atoms with Gasteiger partial charge in [-0.15, -0.1) is 0 Å². The Morgan fingerprint density at radius 1 is 0.575 bits per heavy atom. The number of ether oxygens (including phenoxy) is 4. The van der Waals surface area contributed by atoms with E-state index in [0.717, 1.165) is 33.4 Å². The van der Waals surface area contributed by atoms with Crippen molar-refractivity contribution in [2.45, 2.75) is 26.1 Å². The van der Waals surface area contributed by atoms with Crippen molar-refractivity contribution in [2.75, 3.05) is 14.2 Å². The van der Waals surface area contributed by atoms with Crippen LogP contribution < -0.4 is 18.9 Å². The predicted octanol–water partition coefficient (Wildman–Crippen LogP) is 7.69. The van der Waals surface area contributed by atoms with E-state index in [9.17, 15) is 4.79 Å². The minimum Gasteiger partial charge on any atom is -0.493 e. The average molecular weight is 533 g/mol. The van der Waals surface area contributed by atoms with Gasteiger partial charge in [-0.25, -0.2) is 0 Å². The van der Waals surface area contributed by atoms with Gasteiger partial charge in [0.1, 0.15) is 13.2 Å². The van der Waals surface area contributed by atoms with Crippen LogP contribution in [0.2, 0.25) is 0 Å². The van der Waals surface area contributed by atoms with E-state index in [1.54, 1.807) is 14.2 Å². The molecule has 0 heterocycles. The first-order valence-electron chi connectivity index (χ1n) is 13.3. The topological polar surface area (TPSA) is 54.0 Å². The molecule has 1 aliphatic rings. The molecule has 5 nitrogen and oxygen atoms in total. The van der Waals surface area contributed by atoms with Crippen molar-refractivity contribution in [3.63, 3.8) is 0 Å². The van der Waals surface area contributed by atoms with Gasteiger partial charge in [0.2, 0.25) is 0 Å². The molecule has 0 saturated heterocycles. The second kappa shape index (κ2) is 12.9.